The zero-order valence-electron chi connectivity index (χ0n) is 16.6. The molecule has 4 rings (SSSR count). The molecule has 2 unspecified atom stereocenters. The lowest BCUT2D eigenvalue weighted by atomic mass is 9.74. The van der Waals surface area contributed by atoms with Gasteiger partial charge in [0.2, 0.25) is 5.91 Å². The first-order valence-corrected chi connectivity index (χ1v) is 11.2. The minimum atomic E-state index is -0.0277. The Bertz CT molecular complexity index is 875. The van der Waals surface area contributed by atoms with Crippen LogP contribution in [0, 0.1) is 11.8 Å². The Morgan fingerprint density at radius 2 is 1.79 bits per heavy atom. The molecule has 2 aliphatic rings. The quantitative estimate of drug-likeness (QED) is 0.452. The molecule has 1 aliphatic carbocycles. The third kappa shape index (κ3) is 4.39. The molecule has 0 bridgehead atoms. The summed E-state index contributed by atoms with van der Waals surface area (Å²) in [6.07, 6.45) is 7.09. The molecule has 1 aliphatic heterocycles. The first kappa shape index (κ1) is 20.5. The van der Waals surface area contributed by atoms with Crippen molar-refractivity contribution in [1.29, 1.82) is 0 Å². The van der Waals surface area contributed by atoms with Gasteiger partial charge in [0.05, 0.1) is 6.04 Å². The number of benzene rings is 2. The Morgan fingerprint density at radius 3 is 2.41 bits per heavy atom. The van der Waals surface area contributed by atoms with E-state index in [1.807, 2.05) is 30.3 Å². The van der Waals surface area contributed by atoms with Crippen molar-refractivity contribution in [3.05, 3.63) is 82.4 Å². The lowest BCUT2D eigenvalue weighted by Gasteiger charge is -2.47. The lowest BCUT2D eigenvalue weighted by Crippen LogP contribution is -2.49. The van der Waals surface area contributed by atoms with Crippen LogP contribution in [-0.4, -0.2) is 17.4 Å². The summed E-state index contributed by atoms with van der Waals surface area (Å²) in [6.45, 7) is 4.73. The van der Waals surface area contributed by atoms with Gasteiger partial charge < -0.3 is 4.90 Å². The number of piperidine rings is 1. The molecule has 2 fully saturated rings. The average Bonchev–Trinajstić information content (AvgIpc) is 2.68. The van der Waals surface area contributed by atoms with Crippen LogP contribution in [-0.2, 0) is 4.79 Å². The monoisotopic (exact) mass is 427 g/mol. The molecule has 0 aromatic heterocycles. The Morgan fingerprint density at radius 1 is 1.03 bits per heavy atom. The molecule has 1 heterocycles. The van der Waals surface area contributed by atoms with Crippen LogP contribution >= 0.6 is 23.2 Å². The summed E-state index contributed by atoms with van der Waals surface area (Å²) in [5.74, 6) is 1.03. The van der Waals surface area contributed by atoms with Crippen LogP contribution in [0.15, 0.2) is 61.2 Å². The molecule has 152 valence electrons. The molecule has 1 saturated carbocycles. The van der Waals surface area contributed by atoms with Crippen molar-refractivity contribution in [2.24, 2.45) is 11.8 Å². The molecular formula is C25H27Cl2NO. The van der Waals surface area contributed by atoms with Gasteiger partial charge in [-0.1, -0.05) is 60.0 Å². The highest BCUT2D eigenvalue weighted by Gasteiger charge is 2.43. The maximum Gasteiger partial charge on any atom is 0.226 e. The third-order valence-corrected chi connectivity index (χ3v) is 6.99. The van der Waals surface area contributed by atoms with Crippen molar-refractivity contribution in [3.8, 4) is 0 Å². The van der Waals surface area contributed by atoms with E-state index in [2.05, 4.69) is 35.7 Å². The highest BCUT2D eigenvalue weighted by Crippen LogP contribution is 2.47. The molecule has 3 atom stereocenters. The predicted octanol–water partition coefficient (Wildman–Crippen LogP) is 7.04. The molecule has 29 heavy (non-hydrogen) atoms. The van der Waals surface area contributed by atoms with Crippen LogP contribution < -0.4 is 0 Å². The van der Waals surface area contributed by atoms with E-state index in [4.69, 9.17) is 23.2 Å². The van der Waals surface area contributed by atoms with Crippen LogP contribution in [0.1, 0.15) is 55.2 Å². The molecular weight excluding hydrogens is 401 g/mol. The zero-order chi connectivity index (χ0) is 20.4. The Balaban J connectivity index is 1.78. The SMILES string of the molecule is C=CCC1C[C@H](c2cccc(Cl)c2)C(c2ccc(Cl)cc2)N(CC2CCC2)C1=O. The summed E-state index contributed by atoms with van der Waals surface area (Å²) >= 11 is 12.5. The normalized spacial score (nSPS) is 25.0. The number of carbonyl (C=O) groups is 1. The molecule has 2 nitrogen and oxygen atoms in total. The van der Waals surface area contributed by atoms with E-state index in [-0.39, 0.29) is 23.8 Å². The van der Waals surface area contributed by atoms with Gasteiger partial charge in [0.15, 0.2) is 0 Å². The molecule has 1 saturated heterocycles. The molecule has 1 amide bonds. The van der Waals surface area contributed by atoms with Crippen LogP contribution in [0.4, 0.5) is 0 Å². The fraction of sp³-hybridized carbons (Fsp3) is 0.400. The van der Waals surface area contributed by atoms with E-state index in [0.29, 0.717) is 17.4 Å². The predicted molar refractivity (Wildman–Crippen MR) is 120 cm³/mol. The smallest absolute Gasteiger partial charge is 0.226 e. The van der Waals surface area contributed by atoms with Crippen molar-refractivity contribution in [2.45, 2.75) is 44.1 Å². The Hall–Kier alpha value is -1.77. The topological polar surface area (TPSA) is 20.3 Å². The summed E-state index contributed by atoms with van der Waals surface area (Å²) in [5, 5.41) is 1.45. The number of rotatable bonds is 6. The van der Waals surface area contributed by atoms with Crippen molar-refractivity contribution >= 4 is 29.1 Å². The van der Waals surface area contributed by atoms with Gasteiger partial charge in [-0.15, -0.1) is 6.58 Å². The number of amides is 1. The van der Waals surface area contributed by atoms with Gasteiger partial charge in [0, 0.05) is 28.4 Å². The Kier molecular flexibility index (Phi) is 6.32. The molecule has 0 N–H and O–H groups in total. The molecule has 2 aromatic carbocycles. The number of nitrogens with zero attached hydrogens (tertiary/aromatic N) is 1. The molecule has 0 radical (unpaired) electrons. The zero-order valence-corrected chi connectivity index (χ0v) is 18.1. The number of halogens is 2. The molecule has 0 spiro atoms. The van der Waals surface area contributed by atoms with E-state index in [1.165, 1.54) is 24.8 Å². The Labute approximate surface area is 183 Å². The second kappa shape index (κ2) is 8.93. The summed E-state index contributed by atoms with van der Waals surface area (Å²) in [4.78, 5) is 15.7. The van der Waals surface area contributed by atoms with Crippen molar-refractivity contribution < 1.29 is 4.79 Å². The number of allylic oxidation sites excluding steroid dienone is 1. The number of hydrogen-bond acceptors (Lipinski definition) is 1. The van der Waals surface area contributed by atoms with E-state index in [1.54, 1.807) is 0 Å². The summed E-state index contributed by atoms with van der Waals surface area (Å²) in [7, 11) is 0. The van der Waals surface area contributed by atoms with E-state index < -0.39 is 0 Å². The van der Waals surface area contributed by atoms with Gasteiger partial charge in [-0.2, -0.15) is 0 Å². The third-order valence-electron chi connectivity index (χ3n) is 6.51. The van der Waals surface area contributed by atoms with E-state index in [0.717, 1.165) is 23.6 Å². The highest BCUT2D eigenvalue weighted by atomic mass is 35.5. The molecule has 4 heteroatoms. The van der Waals surface area contributed by atoms with Crippen molar-refractivity contribution in [3.63, 3.8) is 0 Å². The van der Waals surface area contributed by atoms with Crippen LogP contribution in [0.2, 0.25) is 10.0 Å². The van der Waals surface area contributed by atoms with E-state index >= 15 is 0 Å². The summed E-state index contributed by atoms with van der Waals surface area (Å²) in [6, 6.07) is 16.1. The molecule has 2 aromatic rings. The highest BCUT2D eigenvalue weighted by molar-refractivity contribution is 6.30. The van der Waals surface area contributed by atoms with E-state index in [9.17, 15) is 4.79 Å². The van der Waals surface area contributed by atoms with Gasteiger partial charge in [0.1, 0.15) is 0 Å². The van der Waals surface area contributed by atoms with Crippen LogP contribution in [0.3, 0.4) is 0 Å². The summed E-state index contributed by atoms with van der Waals surface area (Å²) < 4.78 is 0. The van der Waals surface area contributed by atoms with Gasteiger partial charge >= 0.3 is 0 Å². The van der Waals surface area contributed by atoms with Gasteiger partial charge in [0.25, 0.3) is 0 Å². The van der Waals surface area contributed by atoms with Gasteiger partial charge in [-0.3, -0.25) is 4.79 Å². The fourth-order valence-corrected chi connectivity index (χ4v) is 5.13. The average molecular weight is 428 g/mol. The minimum absolute atomic E-state index is 0.0000939. The first-order chi connectivity index (χ1) is 14.1. The largest absolute Gasteiger partial charge is 0.335 e. The standard InChI is InChI=1S/C25H27Cl2NO/c1-2-5-20-15-23(19-8-4-9-22(27)14-19)24(18-10-12-21(26)13-11-18)28(25(20)29)16-17-6-3-7-17/h2,4,8-14,17,20,23-24H,1,3,5-7,15-16H2/t20?,23-,24?/m1/s1. The minimum Gasteiger partial charge on any atom is -0.335 e. The maximum absolute atomic E-state index is 13.5. The summed E-state index contributed by atoms with van der Waals surface area (Å²) in [5.41, 5.74) is 2.33. The fourth-order valence-electron chi connectivity index (χ4n) is 4.81. The number of hydrogen-bond donors (Lipinski definition) is 0. The van der Waals surface area contributed by atoms with Gasteiger partial charge in [-0.25, -0.2) is 0 Å². The second-order valence-electron chi connectivity index (χ2n) is 8.40. The van der Waals surface area contributed by atoms with Crippen molar-refractivity contribution in [1.82, 2.24) is 4.90 Å². The number of likely N-dealkylation sites (tertiary alicyclic amines) is 1. The van der Waals surface area contributed by atoms with Crippen LogP contribution in [0.25, 0.3) is 0 Å². The second-order valence-corrected chi connectivity index (χ2v) is 9.28. The maximum atomic E-state index is 13.5. The van der Waals surface area contributed by atoms with Crippen molar-refractivity contribution in [2.75, 3.05) is 6.54 Å². The first-order valence-electron chi connectivity index (χ1n) is 10.5. The van der Waals surface area contributed by atoms with Crippen LogP contribution in [0.5, 0.6) is 0 Å². The van der Waals surface area contributed by atoms with Gasteiger partial charge in [-0.05, 0) is 67.0 Å². The number of carbonyl (C=O) groups excluding carboxylic acids is 1. The lowest BCUT2D eigenvalue weighted by molar-refractivity contribution is -0.144.